The molecule has 0 unspecified atom stereocenters. The first kappa shape index (κ1) is 14.4. The van der Waals surface area contributed by atoms with Crippen LogP contribution in [-0.4, -0.2) is 59.3 Å². The first-order valence-electron chi connectivity index (χ1n) is 5.43. The lowest BCUT2D eigenvalue weighted by Crippen LogP contribution is -2.29. The third kappa shape index (κ3) is 2.51. The number of nitrogens with zero attached hydrogens (tertiary/aromatic N) is 1. The van der Waals surface area contributed by atoms with Gasteiger partial charge in [-0.05, 0) is 18.6 Å². The van der Waals surface area contributed by atoms with Crippen molar-refractivity contribution in [2.75, 3.05) is 13.1 Å². The summed E-state index contributed by atoms with van der Waals surface area (Å²) in [4.78, 5) is 10.9. The average molecular weight is 307 g/mol. The number of thiophene rings is 1. The van der Waals surface area contributed by atoms with Crippen molar-refractivity contribution in [3.8, 4) is 0 Å². The molecule has 1 fully saturated rings. The number of β-amino-alcohol motifs (C(OH)–C–C–N with tert-alkyl or cyclic N) is 2. The van der Waals surface area contributed by atoms with Gasteiger partial charge in [0.15, 0.2) is 0 Å². The zero-order valence-corrected chi connectivity index (χ0v) is 11.6. The Hall–Kier alpha value is -1.00. The number of carboxylic acids is 1. The molecule has 0 amide bonds. The lowest BCUT2D eigenvalue weighted by molar-refractivity contribution is 0.0572. The predicted octanol–water partition coefficient (Wildman–Crippen LogP) is -0.519. The molecule has 0 spiro atoms. The Balaban J connectivity index is 2.35. The van der Waals surface area contributed by atoms with Gasteiger partial charge in [-0.2, -0.15) is 4.31 Å². The van der Waals surface area contributed by atoms with Crippen LogP contribution in [0.2, 0.25) is 0 Å². The zero-order valence-electron chi connectivity index (χ0n) is 9.98. The van der Waals surface area contributed by atoms with Gasteiger partial charge in [0, 0.05) is 13.1 Å². The van der Waals surface area contributed by atoms with Gasteiger partial charge in [0.25, 0.3) is 10.0 Å². The normalized spacial score (nSPS) is 24.8. The topological polar surface area (TPSA) is 115 Å². The molecule has 2 heterocycles. The summed E-state index contributed by atoms with van der Waals surface area (Å²) < 4.78 is 25.3. The number of sulfonamides is 1. The number of hydrogen-bond donors (Lipinski definition) is 3. The number of aromatic carboxylic acids is 1. The van der Waals surface area contributed by atoms with Gasteiger partial charge in [0.1, 0.15) is 9.09 Å². The molecule has 2 atom stereocenters. The molecule has 1 aromatic rings. The standard InChI is InChI=1S/C10H13NO6S2/c1-5-2-8(18-9(5)10(14)15)19(16,17)11-3-6(12)7(13)4-11/h2,6-7,12-13H,3-4H2,1H3,(H,14,15)/t6-,7+. The van der Waals surface area contributed by atoms with Crippen molar-refractivity contribution < 1.29 is 28.5 Å². The van der Waals surface area contributed by atoms with Crippen molar-refractivity contribution in [3.05, 3.63) is 16.5 Å². The van der Waals surface area contributed by atoms with Crippen LogP contribution in [0.3, 0.4) is 0 Å². The molecule has 9 heteroatoms. The van der Waals surface area contributed by atoms with E-state index in [0.717, 1.165) is 4.31 Å². The Kier molecular flexibility index (Phi) is 3.67. The second-order valence-electron chi connectivity index (χ2n) is 4.34. The van der Waals surface area contributed by atoms with Crippen molar-refractivity contribution in [2.24, 2.45) is 0 Å². The molecule has 0 saturated carbocycles. The number of rotatable bonds is 3. The molecule has 1 aliphatic rings. The summed E-state index contributed by atoms with van der Waals surface area (Å²) in [5, 5.41) is 27.7. The summed E-state index contributed by atoms with van der Waals surface area (Å²) in [6, 6.07) is 1.29. The van der Waals surface area contributed by atoms with E-state index in [2.05, 4.69) is 0 Å². The Labute approximate surface area is 113 Å². The van der Waals surface area contributed by atoms with Crippen LogP contribution >= 0.6 is 11.3 Å². The van der Waals surface area contributed by atoms with Gasteiger partial charge in [0.2, 0.25) is 0 Å². The average Bonchev–Trinajstić information content (AvgIpc) is 2.84. The molecule has 1 aliphatic heterocycles. The fourth-order valence-corrected chi connectivity index (χ4v) is 4.86. The quantitative estimate of drug-likeness (QED) is 0.692. The molecular weight excluding hydrogens is 294 g/mol. The highest BCUT2D eigenvalue weighted by molar-refractivity contribution is 7.91. The molecule has 19 heavy (non-hydrogen) atoms. The van der Waals surface area contributed by atoms with Gasteiger partial charge in [0.05, 0.1) is 12.2 Å². The van der Waals surface area contributed by atoms with E-state index in [4.69, 9.17) is 5.11 Å². The highest BCUT2D eigenvalue weighted by atomic mass is 32.2. The van der Waals surface area contributed by atoms with Gasteiger partial charge in [-0.3, -0.25) is 0 Å². The van der Waals surface area contributed by atoms with Gasteiger partial charge in [-0.25, -0.2) is 13.2 Å². The summed E-state index contributed by atoms with van der Waals surface area (Å²) in [6.07, 6.45) is -2.23. The van der Waals surface area contributed by atoms with E-state index in [9.17, 15) is 23.4 Å². The number of carbonyl (C=O) groups is 1. The number of hydrogen-bond acceptors (Lipinski definition) is 6. The predicted molar refractivity (Wildman–Crippen MR) is 66.8 cm³/mol. The number of aliphatic hydroxyl groups excluding tert-OH is 2. The van der Waals surface area contributed by atoms with Crippen molar-refractivity contribution in [3.63, 3.8) is 0 Å². The molecule has 7 nitrogen and oxygen atoms in total. The fraction of sp³-hybridized carbons (Fsp3) is 0.500. The van der Waals surface area contributed by atoms with Crippen molar-refractivity contribution in [1.82, 2.24) is 4.31 Å². The lowest BCUT2D eigenvalue weighted by Gasteiger charge is -2.13. The smallest absolute Gasteiger partial charge is 0.346 e. The van der Waals surface area contributed by atoms with Gasteiger partial charge >= 0.3 is 5.97 Å². The molecule has 0 aromatic carbocycles. The van der Waals surface area contributed by atoms with E-state index in [0.29, 0.717) is 16.9 Å². The third-order valence-electron chi connectivity index (χ3n) is 2.91. The highest BCUT2D eigenvalue weighted by Gasteiger charge is 2.38. The van der Waals surface area contributed by atoms with Crippen molar-refractivity contribution in [2.45, 2.75) is 23.3 Å². The molecule has 2 rings (SSSR count). The van der Waals surface area contributed by atoms with Crippen molar-refractivity contribution in [1.29, 1.82) is 0 Å². The SMILES string of the molecule is Cc1cc(S(=O)(=O)N2C[C@@H](O)[C@@H](O)C2)sc1C(=O)O. The zero-order chi connectivity index (χ0) is 14.4. The minimum Gasteiger partial charge on any atom is -0.477 e. The molecule has 0 aliphatic carbocycles. The first-order chi connectivity index (χ1) is 8.73. The fourth-order valence-electron chi connectivity index (χ4n) is 1.85. The first-order valence-corrected chi connectivity index (χ1v) is 7.69. The molecule has 1 aromatic heterocycles. The van der Waals surface area contributed by atoms with E-state index in [1.165, 1.54) is 13.0 Å². The van der Waals surface area contributed by atoms with Gasteiger partial charge in [-0.1, -0.05) is 0 Å². The van der Waals surface area contributed by atoms with Gasteiger partial charge < -0.3 is 15.3 Å². The van der Waals surface area contributed by atoms with Crippen LogP contribution in [0.5, 0.6) is 0 Å². The molecule has 1 saturated heterocycles. The van der Waals surface area contributed by atoms with Crippen LogP contribution < -0.4 is 0 Å². The molecule has 3 N–H and O–H groups in total. The lowest BCUT2D eigenvalue weighted by atomic mass is 10.3. The molecule has 106 valence electrons. The van der Waals surface area contributed by atoms with E-state index >= 15 is 0 Å². The summed E-state index contributed by atoms with van der Waals surface area (Å²) in [6.45, 7) is 1.14. The van der Waals surface area contributed by atoms with Crippen LogP contribution in [0.4, 0.5) is 0 Å². The minimum atomic E-state index is -3.87. The maximum absolute atomic E-state index is 12.2. The second kappa shape index (κ2) is 4.84. The minimum absolute atomic E-state index is 0.0288. The van der Waals surface area contributed by atoms with Crippen LogP contribution in [0, 0.1) is 6.92 Å². The summed E-state index contributed by atoms with van der Waals surface area (Å²) in [5.41, 5.74) is 0.372. The molecule has 0 bridgehead atoms. The van der Waals surface area contributed by atoms with Crippen molar-refractivity contribution >= 4 is 27.3 Å². The molecular formula is C10H13NO6S2. The Morgan fingerprint density at radius 2 is 1.89 bits per heavy atom. The van der Waals surface area contributed by atoms with Gasteiger partial charge in [-0.15, -0.1) is 11.3 Å². The van der Waals surface area contributed by atoms with E-state index in [-0.39, 0.29) is 22.2 Å². The largest absolute Gasteiger partial charge is 0.477 e. The number of aliphatic hydroxyl groups is 2. The van der Waals surface area contributed by atoms with E-state index < -0.39 is 28.2 Å². The summed E-state index contributed by atoms with van der Waals surface area (Å²) in [7, 11) is -3.87. The maximum Gasteiger partial charge on any atom is 0.346 e. The highest BCUT2D eigenvalue weighted by Crippen LogP contribution is 2.30. The van der Waals surface area contributed by atoms with E-state index in [1.54, 1.807) is 0 Å². The summed E-state index contributed by atoms with van der Waals surface area (Å²) in [5.74, 6) is -1.18. The van der Waals surface area contributed by atoms with Crippen LogP contribution in [0.25, 0.3) is 0 Å². The Morgan fingerprint density at radius 3 is 2.32 bits per heavy atom. The monoisotopic (exact) mass is 307 g/mol. The Bertz CT molecular complexity index is 598. The van der Waals surface area contributed by atoms with Crippen LogP contribution in [0.15, 0.2) is 10.3 Å². The summed E-state index contributed by atoms with van der Waals surface area (Å²) >= 11 is 0.671. The Morgan fingerprint density at radius 1 is 1.37 bits per heavy atom. The van der Waals surface area contributed by atoms with Crippen LogP contribution in [-0.2, 0) is 10.0 Å². The van der Waals surface area contributed by atoms with E-state index in [1.807, 2.05) is 0 Å². The third-order valence-corrected chi connectivity index (χ3v) is 6.42. The maximum atomic E-state index is 12.2. The van der Waals surface area contributed by atoms with Crippen LogP contribution in [0.1, 0.15) is 15.2 Å². The number of carboxylic acid groups (broad SMARTS) is 1. The number of aryl methyl sites for hydroxylation is 1. The second-order valence-corrected chi connectivity index (χ2v) is 7.56. The molecule has 0 radical (unpaired) electrons.